The summed E-state index contributed by atoms with van der Waals surface area (Å²) in [6.45, 7) is 2.12. The standard InChI is InChI=1S/C36H36N6/c1-2-9-25(10-3-1)27-12-6-13-28(21-27)31-22-29(34-24-40-36(42-34)33-16-8-20-38-33)18-17-26(31)11-4-5-14-30-23-39-35(41-30)32-15-7-19-37-32/h1-6,9-14,17-18,21-24,32-33,37-38H,7-8,15-16,19-20H2,(H,39,41)(H,40,42)/t32-,33-/m0/s1. The van der Waals surface area contributed by atoms with Gasteiger partial charge in [0, 0.05) is 5.56 Å². The highest BCUT2D eigenvalue weighted by Gasteiger charge is 2.20. The zero-order chi connectivity index (χ0) is 28.1. The lowest BCUT2D eigenvalue weighted by molar-refractivity contribution is 0.612. The van der Waals surface area contributed by atoms with E-state index in [2.05, 4.69) is 123 Å². The molecule has 6 nitrogen and oxygen atoms in total. The fraction of sp³-hybridized carbons (Fsp3) is 0.222. The van der Waals surface area contributed by atoms with Gasteiger partial charge in [-0.3, -0.25) is 0 Å². The quantitative estimate of drug-likeness (QED) is 0.149. The van der Waals surface area contributed by atoms with Gasteiger partial charge in [0.25, 0.3) is 0 Å². The van der Waals surface area contributed by atoms with Gasteiger partial charge in [0.05, 0.1) is 35.9 Å². The van der Waals surface area contributed by atoms with E-state index in [1.54, 1.807) is 0 Å². The number of rotatable bonds is 8. The van der Waals surface area contributed by atoms with Crippen LogP contribution < -0.4 is 10.6 Å². The molecular weight excluding hydrogens is 516 g/mol. The second-order valence-corrected chi connectivity index (χ2v) is 11.2. The minimum absolute atomic E-state index is 0.315. The molecule has 4 N–H and O–H groups in total. The highest BCUT2D eigenvalue weighted by Crippen LogP contribution is 2.33. The molecule has 2 saturated heterocycles. The van der Waals surface area contributed by atoms with Gasteiger partial charge < -0.3 is 20.6 Å². The molecule has 2 fully saturated rings. The lowest BCUT2D eigenvalue weighted by Crippen LogP contribution is -2.14. The van der Waals surface area contributed by atoms with Gasteiger partial charge in [-0.1, -0.05) is 78.9 Å². The summed E-state index contributed by atoms with van der Waals surface area (Å²) in [7, 11) is 0. The second-order valence-electron chi connectivity index (χ2n) is 11.2. The number of imidazole rings is 2. The van der Waals surface area contributed by atoms with Crippen LogP contribution in [0.25, 0.3) is 45.7 Å². The third-order valence-electron chi connectivity index (χ3n) is 8.30. The van der Waals surface area contributed by atoms with Crippen LogP contribution >= 0.6 is 0 Å². The van der Waals surface area contributed by atoms with Crippen LogP contribution in [0.1, 0.15) is 60.7 Å². The van der Waals surface area contributed by atoms with Crippen molar-refractivity contribution in [2.45, 2.75) is 37.8 Å². The summed E-state index contributed by atoms with van der Waals surface area (Å²) in [5.41, 5.74) is 9.13. The van der Waals surface area contributed by atoms with Crippen molar-refractivity contribution >= 4 is 12.2 Å². The predicted molar refractivity (Wildman–Crippen MR) is 172 cm³/mol. The molecule has 0 bridgehead atoms. The molecule has 2 aromatic heterocycles. The Kier molecular flexibility index (Phi) is 7.63. The van der Waals surface area contributed by atoms with Crippen LogP contribution in [-0.2, 0) is 0 Å². The Morgan fingerprint density at radius 1 is 0.619 bits per heavy atom. The SMILES string of the molecule is C(C=Cc1ccc(-c2cnc([C@@H]3CCCN3)[nH]2)cc1-c1cccc(-c2ccccc2)c1)=Cc1cnc([C@@H]2CCCN2)[nH]1. The van der Waals surface area contributed by atoms with E-state index in [1.165, 1.54) is 35.1 Å². The zero-order valence-corrected chi connectivity index (χ0v) is 23.7. The monoisotopic (exact) mass is 552 g/mol. The van der Waals surface area contributed by atoms with Gasteiger partial charge in [-0.05, 0) is 84.8 Å². The van der Waals surface area contributed by atoms with Gasteiger partial charge in [-0.2, -0.15) is 0 Å². The summed E-state index contributed by atoms with van der Waals surface area (Å²) in [6, 6.07) is 26.7. The van der Waals surface area contributed by atoms with E-state index in [0.717, 1.165) is 60.1 Å². The first-order valence-electron chi connectivity index (χ1n) is 15.0. The van der Waals surface area contributed by atoms with E-state index in [9.17, 15) is 0 Å². The maximum atomic E-state index is 4.72. The average Bonchev–Trinajstić information content (AvgIpc) is 3.87. The van der Waals surface area contributed by atoms with E-state index < -0.39 is 0 Å². The molecule has 0 aliphatic carbocycles. The van der Waals surface area contributed by atoms with Crippen molar-refractivity contribution in [3.63, 3.8) is 0 Å². The summed E-state index contributed by atoms with van der Waals surface area (Å²) in [5, 5.41) is 7.04. The largest absolute Gasteiger partial charge is 0.341 e. The molecule has 210 valence electrons. The van der Waals surface area contributed by atoms with Crippen molar-refractivity contribution in [2.24, 2.45) is 0 Å². The predicted octanol–water partition coefficient (Wildman–Crippen LogP) is 7.71. The third-order valence-corrected chi connectivity index (χ3v) is 8.30. The van der Waals surface area contributed by atoms with Crippen LogP contribution in [-0.4, -0.2) is 33.0 Å². The number of aromatic amines is 2. The van der Waals surface area contributed by atoms with E-state index in [1.807, 2.05) is 12.4 Å². The van der Waals surface area contributed by atoms with Crippen LogP contribution in [0, 0.1) is 0 Å². The van der Waals surface area contributed by atoms with Crippen molar-refractivity contribution in [1.29, 1.82) is 0 Å². The minimum Gasteiger partial charge on any atom is -0.341 e. The first-order chi connectivity index (χ1) is 20.8. The molecule has 2 atom stereocenters. The normalized spacial score (nSPS) is 19.0. The fourth-order valence-corrected chi connectivity index (χ4v) is 6.04. The summed E-state index contributed by atoms with van der Waals surface area (Å²) >= 11 is 0. The molecule has 0 saturated carbocycles. The number of allylic oxidation sites excluding steroid dienone is 2. The number of hydrogen-bond donors (Lipinski definition) is 4. The maximum Gasteiger partial charge on any atom is 0.123 e. The minimum atomic E-state index is 0.315. The molecular formula is C36H36N6. The lowest BCUT2D eigenvalue weighted by Gasteiger charge is -2.11. The molecule has 2 aliphatic heterocycles. The number of nitrogens with zero attached hydrogens (tertiary/aromatic N) is 2. The van der Waals surface area contributed by atoms with Gasteiger partial charge in [0.2, 0.25) is 0 Å². The number of aromatic nitrogens is 4. The van der Waals surface area contributed by atoms with Crippen LogP contribution in [0.3, 0.4) is 0 Å². The fourth-order valence-electron chi connectivity index (χ4n) is 6.04. The molecule has 7 rings (SSSR count). The number of H-pyrrole nitrogens is 2. The van der Waals surface area contributed by atoms with E-state index in [0.29, 0.717) is 12.1 Å². The summed E-state index contributed by atoms with van der Waals surface area (Å²) in [4.78, 5) is 16.3. The van der Waals surface area contributed by atoms with Crippen molar-refractivity contribution in [1.82, 2.24) is 30.6 Å². The summed E-state index contributed by atoms with van der Waals surface area (Å²) in [6.07, 6.45) is 17.0. The van der Waals surface area contributed by atoms with Crippen LogP contribution in [0.5, 0.6) is 0 Å². The molecule has 0 spiro atoms. The summed E-state index contributed by atoms with van der Waals surface area (Å²) in [5.74, 6) is 2.05. The molecule has 6 heteroatoms. The molecule has 42 heavy (non-hydrogen) atoms. The maximum absolute atomic E-state index is 4.72. The molecule has 3 aromatic carbocycles. The van der Waals surface area contributed by atoms with Gasteiger partial charge in [0.1, 0.15) is 11.6 Å². The van der Waals surface area contributed by atoms with E-state index in [-0.39, 0.29) is 0 Å². The molecule has 4 heterocycles. The topological polar surface area (TPSA) is 81.4 Å². The highest BCUT2D eigenvalue weighted by molar-refractivity contribution is 5.82. The Bertz CT molecular complexity index is 1700. The number of hydrogen-bond acceptors (Lipinski definition) is 4. The molecule has 2 aliphatic rings. The average molecular weight is 553 g/mol. The van der Waals surface area contributed by atoms with Crippen molar-refractivity contribution in [3.05, 3.63) is 120 Å². The highest BCUT2D eigenvalue weighted by atomic mass is 15.0. The molecule has 0 unspecified atom stereocenters. The first-order valence-corrected chi connectivity index (χ1v) is 15.0. The van der Waals surface area contributed by atoms with E-state index in [4.69, 9.17) is 4.98 Å². The van der Waals surface area contributed by atoms with Crippen molar-refractivity contribution in [2.75, 3.05) is 13.1 Å². The Balaban J connectivity index is 1.19. The third kappa shape index (κ3) is 5.77. The Morgan fingerprint density at radius 3 is 2.12 bits per heavy atom. The van der Waals surface area contributed by atoms with Gasteiger partial charge in [-0.25, -0.2) is 9.97 Å². The smallest absolute Gasteiger partial charge is 0.123 e. The van der Waals surface area contributed by atoms with Gasteiger partial charge in [0.15, 0.2) is 0 Å². The Morgan fingerprint density at radius 2 is 1.33 bits per heavy atom. The van der Waals surface area contributed by atoms with Crippen LogP contribution in [0.2, 0.25) is 0 Å². The van der Waals surface area contributed by atoms with Crippen LogP contribution in [0.15, 0.2) is 97.3 Å². The van der Waals surface area contributed by atoms with Crippen molar-refractivity contribution < 1.29 is 0 Å². The molecule has 0 amide bonds. The second kappa shape index (κ2) is 12.1. The van der Waals surface area contributed by atoms with Gasteiger partial charge in [-0.15, -0.1) is 0 Å². The van der Waals surface area contributed by atoms with E-state index >= 15 is 0 Å². The lowest BCUT2D eigenvalue weighted by atomic mass is 9.93. The van der Waals surface area contributed by atoms with Crippen molar-refractivity contribution in [3.8, 4) is 33.5 Å². The first kappa shape index (κ1) is 26.4. The zero-order valence-electron chi connectivity index (χ0n) is 23.7. The Labute approximate surface area is 247 Å². The number of benzene rings is 3. The van der Waals surface area contributed by atoms with Crippen LogP contribution in [0.4, 0.5) is 0 Å². The summed E-state index contributed by atoms with van der Waals surface area (Å²) < 4.78 is 0. The molecule has 5 aromatic rings. The Hall–Kier alpha value is -4.52. The number of nitrogens with one attached hydrogen (secondary N) is 4. The molecule has 0 radical (unpaired) electrons. The van der Waals surface area contributed by atoms with Gasteiger partial charge >= 0.3 is 0 Å².